The van der Waals surface area contributed by atoms with Crippen molar-refractivity contribution in [3.8, 4) is 23.4 Å². The Balaban J connectivity index is 1.65. The molecule has 0 aliphatic carbocycles. The van der Waals surface area contributed by atoms with Gasteiger partial charge in [-0.15, -0.1) is 0 Å². The predicted molar refractivity (Wildman–Crippen MR) is 103 cm³/mol. The zero-order chi connectivity index (χ0) is 22.6. The van der Waals surface area contributed by atoms with Gasteiger partial charge in [0, 0.05) is 18.6 Å². The van der Waals surface area contributed by atoms with E-state index in [0.29, 0.717) is 11.9 Å². The highest BCUT2D eigenvalue weighted by molar-refractivity contribution is 6.31. The van der Waals surface area contributed by atoms with Crippen molar-refractivity contribution in [3.63, 3.8) is 0 Å². The van der Waals surface area contributed by atoms with E-state index in [0.717, 1.165) is 6.07 Å². The van der Waals surface area contributed by atoms with Crippen molar-refractivity contribution in [2.24, 2.45) is 0 Å². The molecule has 160 valence electrons. The number of benzene rings is 1. The van der Waals surface area contributed by atoms with E-state index in [2.05, 4.69) is 15.0 Å². The van der Waals surface area contributed by atoms with Gasteiger partial charge in [0.15, 0.2) is 17.8 Å². The maximum absolute atomic E-state index is 12.7. The number of nitriles is 1. The van der Waals surface area contributed by atoms with E-state index in [1.165, 1.54) is 43.6 Å². The van der Waals surface area contributed by atoms with Crippen LogP contribution in [0.15, 0.2) is 48.9 Å². The molecular formula is C20H14ClF3N4O3. The molecule has 0 radical (unpaired) electrons. The number of ether oxygens (including phenoxy) is 2. The van der Waals surface area contributed by atoms with E-state index < -0.39 is 29.5 Å². The molecule has 7 nitrogen and oxygen atoms in total. The number of rotatable bonds is 7. The number of nitrogens with zero attached hydrogens (tertiary/aromatic N) is 3. The molecule has 0 saturated carbocycles. The summed E-state index contributed by atoms with van der Waals surface area (Å²) in [4.78, 5) is 22.7. The van der Waals surface area contributed by atoms with E-state index in [1.807, 2.05) is 6.07 Å². The number of pyridine rings is 1. The van der Waals surface area contributed by atoms with Crippen LogP contribution in [0.2, 0.25) is 5.02 Å². The van der Waals surface area contributed by atoms with Gasteiger partial charge in [-0.3, -0.25) is 4.79 Å². The van der Waals surface area contributed by atoms with Gasteiger partial charge < -0.3 is 14.5 Å². The lowest BCUT2D eigenvalue weighted by Gasteiger charge is -2.16. The Labute approximate surface area is 179 Å². The first-order chi connectivity index (χ1) is 14.7. The van der Waals surface area contributed by atoms with Gasteiger partial charge in [0.2, 0.25) is 5.88 Å². The highest BCUT2D eigenvalue weighted by atomic mass is 35.5. The number of nitrogens with one attached hydrogen (secondary N) is 1. The van der Waals surface area contributed by atoms with Crippen molar-refractivity contribution in [2.45, 2.75) is 25.1 Å². The van der Waals surface area contributed by atoms with Gasteiger partial charge in [-0.05, 0) is 37.3 Å². The summed E-state index contributed by atoms with van der Waals surface area (Å²) in [6, 6.07) is 8.53. The molecule has 1 aromatic carbocycles. The van der Waals surface area contributed by atoms with Crippen molar-refractivity contribution in [3.05, 3.63) is 65.3 Å². The smallest absolute Gasteiger partial charge is 0.417 e. The lowest BCUT2D eigenvalue weighted by molar-refractivity contribution is -0.137. The van der Waals surface area contributed by atoms with Crippen LogP contribution in [0.5, 0.6) is 17.4 Å². The molecule has 3 aromatic rings. The van der Waals surface area contributed by atoms with Crippen molar-refractivity contribution < 1.29 is 27.4 Å². The van der Waals surface area contributed by atoms with Gasteiger partial charge in [-0.25, -0.2) is 9.97 Å². The third kappa shape index (κ3) is 5.32. The van der Waals surface area contributed by atoms with E-state index in [1.54, 1.807) is 0 Å². The number of hydrogen-bond donors (Lipinski definition) is 1. The van der Waals surface area contributed by atoms with Crippen LogP contribution in [-0.2, 0) is 11.0 Å². The number of imidazole rings is 1. The normalized spacial score (nSPS) is 13.2. The molecule has 0 fully saturated rings. The van der Waals surface area contributed by atoms with Crippen molar-refractivity contribution in [1.29, 1.82) is 5.26 Å². The molecule has 2 atom stereocenters. The Bertz CT molecular complexity index is 1100. The Morgan fingerprint density at radius 3 is 2.45 bits per heavy atom. The Morgan fingerprint density at radius 1 is 1.23 bits per heavy atom. The van der Waals surface area contributed by atoms with Crippen molar-refractivity contribution >= 4 is 17.4 Å². The fourth-order valence-corrected chi connectivity index (χ4v) is 2.75. The molecule has 2 unspecified atom stereocenters. The first kappa shape index (κ1) is 22.1. The molecule has 1 N–H and O–H groups in total. The minimum Gasteiger partial charge on any atom is -0.483 e. The Morgan fingerprint density at radius 2 is 1.90 bits per heavy atom. The summed E-state index contributed by atoms with van der Waals surface area (Å²) < 4.78 is 49.0. The van der Waals surface area contributed by atoms with Gasteiger partial charge in [0.25, 0.3) is 0 Å². The molecule has 0 spiro atoms. The first-order valence-corrected chi connectivity index (χ1v) is 9.16. The predicted octanol–water partition coefficient (Wildman–Crippen LogP) is 4.91. The lowest BCUT2D eigenvalue weighted by atomic mass is 10.0. The zero-order valence-electron chi connectivity index (χ0n) is 15.9. The summed E-state index contributed by atoms with van der Waals surface area (Å²) in [7, 11) is 0. The summed E-state index contributed by atoms with van der Waals surface area (Å²) >= 11 is 5.82. The van der Waals surface area contributed by atoms with Crippen LogP contribution >= 0.6 is 11.6 Å². The number of hydrogen-bond acceptors (Lipinski definition) is 6. The van der Waals surface area contributed by atoms with Gasteiger partial charge in [-0.2, -0.15) is 18.4 Å². The summed E-state index contributed by atoms with van der Waals surface area (Å²) in [5.41, 5.74) is -0.988. The number of carbonyl (C=O) groups excluding carboxylic acids is 1. The molecule has 0 amide bonds. The molecule has 2 aromatic heterocycles. The fourth-order valence-electron chi connectivity index (χ4n) is 2.55. The molecule has 0 bridgehead atoms. The van der Waals surface area contributed by atoms with E-state index >= 15 is 0 Å². The highest BCUT2D eigenvalue weighted by Gasteiger charge is 2.32. The average Bonchev–Trinajstić information content (AvgIpc) is 3.25. The third-order valence-corrected chi connectivity index (χ3v) is 4.36. The summed E-state index contributed by atoms with van der Waals surface area (Å²) in [5, 5.41) is 8.97. The standard InChI is InChI=1S/C20H14ClF3N4O3/c1-11(17(29)15(9-25)18-26-6-7-27-18)30-13-2-4-14(5-3-13)31-19-16(21)8-12(10-28-19)20(22,23)24/h2-8,10-11,15H,1H3,(H,26,27). The van der Waals surface area contributed by atoms with Crippen molar-refractivity contribution in [1.82, 2.24) is 15.0 Å². The molecule has 0 aliphatic heterocycles. The number of carbonyl (C=O) groups is 1. The van der Waals surface area contributed by atoms with Gasteiger partial charge >= 0.3 is 6.18 Å². The maximum atomic E-state index is 12.7. The minimum atomic E-state index is -4.57. The molecule has 0 aliphatic rings. The van der Waals surface area contributed by atoms with Crippen LogP contribution in [0.1, 0.15) is 24.2 Å². The summed E-state index contributed by atoms with van der Waals surface area (Å²) in [6.07, 6.45) is -1.93. The zero-order valence-corrected chi connectivity index (χ0v) is 16.6. The number of aromatic nitrogens is 3. The van der Waals surface area contributed by atoms with Crippen LogP contribution < -0.4 is 9.47 Å². The Hall–Kier alpha value is -3.58. The third-order valence-electron chi connectivity index (χ3n) is 4.09. The molecule has 3 rings (SSSR count). The van der Waals surface area contributed by atoms with Crippen LogP contribution in [0.25, 0.3) is 0 Å². The first-order valence-electron chi connectivity index (χ1n) is 8.79. The van der Waals surface area contributed by atoms with Gasteiger partial charge in [-0.1, -0.05) is 11.6 Å². The number of H-pyrrole nitrogens is 1. The molecule has 0 saturated heterocycles. The number of alkyl halides is 3. The lowest BCUT2D eigenvalue weighted by Crippen LogP contribution is -2.29. The second kappa shape index (κ2) is 9.06. The van der Waals surface area contributed by atoms with Crippen LogP contribution in [-0.4, -0.2) is 26.8 Å². The number of ketones is 1. The summed E-state index contributed by atoms with van der Waals surface area (Å²) in [6.45, 7) is 1.51. The largest absolute Gasteiger partial charge is 0.483 e. The number of Topliss-reactive ketones (excluding diaryl/α,β-unsaturated/α-hetero) is 1. The molecule has 2 heterocycles. The van der Waals surface area contributed by atoms with Crippen molar-refractivity contribution in [2.75, 3.05) is 0 Å². The second-order valence-electron chi connectivity index (χ2n) is 6.28. The van der Waals surface area contributed by atoms with E-state index in [4.69, 9.17) is 21.1 Å². The Kier molecular flexibility index (Phi) is 6.46. The topological polar surface area (TPSA) is 101 Å². The van der Waals surface area contributed by atoms with Gasteiger partial charge in [0.1, 0.15) is 22.3 Å². The molecule has 31 heavy (non-hydrogen) atoms. The second-order valence-corrected chi connectivity index (χ2v) is 6.69. The SMILES string of the molecule is CC(Oc1ccc(Oc2ncc(C(F)(F)F)cc2Cl)cc1)C(=O)C(C#N)c1ncc[nH]1. The maximum Gasteiger partial charge on any atom is 0.417 e. The monoisotopic (exact) mass is 450 g/mol. The van der Waals surface area contributed by atoms with Crippen LogP contribution in [0.4, 0.5) is 13.2 Å². The molecular weight excluding hydrogens is 437 g/mol. The average molecular weight is 451 g/mol. The summed E-state index contributed by atoms with van der Waals surface area (Å²) in [5.74, 6) is -0.976. The van der Waals surface area contributed by atoms with Crippen LogP contribution in [0, 0.1) is 11.3 Å². The molecule has 11 heteroatoms. The quantitative estimate of drug-likeness (QED) is 0.548. The number of halogens is 4. The fraction of sp³-hybridized carbons (Fsp3) is 0.200. The highest BCUT2D eigenvalue weighted by Crippen LogP contribution is 2.35. The van der Waals surface area contributed by atoms with Gasteiger partial charge in [0.05, 0.1) is 11.6 Å². The van der Waals surface area contributed by atoms with E-state index in [9.17, 15) is 23.2 Å². The van der Waals surface area contributed by atoms with E-state index in [-0.39, 0.29) is 22.5 Å². The minimum absolute atomic E-state index is 0.192. The van der Waals surface area contributed by atoms with Crippen LogP contribution in [0.3, 0.4) is 0 Å². The number of aromatic amines is 1.